The van der Waals surface area contributed by atoms with E-state index < -0.39 is 11.7 Å². The third kappa shape index (κ3) is 6.85. The molecule has 4 heterocycles. The predicted octanol–water partition coefficient (Wildman–Crippen LogP) is 3.69. The molecule has 5 rings (SSSR count). The van der Waals surface area contributed by atoms with Crippen molar-refractivity contribution in [3.63, 3.8) is 0 Å². The number of rotatable bonds is 10. The van der Waals surface area contributed by atoms with Gasteiger partial charge in [0.15, 0.2) is 0 Å². The van der Waals surface area contributed by atoms with Crippen LogP contribution in [0.2, 0.25) is 0 Å². The summed E-state index contributed by atoms with van der Waals surface area (Å²) in [5, 5.41) is 5.02. The van der Waals surface area contributed by atoms with E-state index in [1.165, 1.54) is 4.68 Å². The van der Waals surface area contributed by atoms with Crippen LogP contribution in [-0.2, 0) is 22.3 Å². The van der Waals surface area contributed by atoms with Gasteiger partial charge in [-0.2, -0.15) is 18.3 Å². The largest absolute Gasteiger partial charge is 0.497 e. The molecule has 1 atom stereocenters. The topological polar surface area (TPSA) is 108 Å². The van der Waals surface area contributed by atoms with Crippen LogP contribution in [0, 0.1) is 6.92 Å². The molecule has 3 aromatic heterocycles. The normalized spacial score (nSPS) is 14.7. The maximum Gasteiger partial charge on any atom is 0.419 e. The van der Waals surface area contributed by atoms with Crippen LogP contribution in [0.4, 0.5) is 19.1 Å². The van der Waals surface area contributed by atoms with Crippen molar-refractivity contribution in [2.75, 3.05) is 51.4 Å². The van der Waals surface area contributed by atoms with E-state index in [-0.39, 0.29) is 36.5 Å². The minimum Gasteiger partial charge on any atom is -0.497 e. The molecule has 0 spiro atoms. The Morgan fingerprint density at radius 2 is 1.73 bits per heavy atom. The Morgan fingerprint density at radius 3 is 2.36 bits per heavy atom. The summed E-state index contributed by atoms with van der Waals surface area (Å²) >= 11 is 0. The van der Waals surface area contributed by atoms with Crippen molar-refractivity contribution >= 4 is 22.8 Å². The quantitative estimate of drug-likeness (QED) is 0.250. The highest BCUT2D eigenvalue weighted by molar-refractivity contribution is 5.82. The van der Waals surface area contributed by atoms with Crippen LogP contribution >= 0.6 is 0 Å². The van der Waals surface area contributed by atoms with Crippen molar-refractivity contribution in [2.24, 2.45) is 0 Å². The molecule has 1 saturated heterocycles. The summed E-state index contributed by atoms with van der Waals surface area (Å²) < 4.78 is 52.8. The molecule has 1 amide bonds. The summed E-state index contributed by atoms with van der Waals surface area (Å²) in [5.41, 5.74) is 1.44. The molecule has 0 bridgehead atoms. The molecule has 0 saturated carbocycles. The average molecular weight is 614 g/mol. The first-order valence-corrected chi connectivity index (χ1v) is 14.2. The molecule has 1 aromatic carbocycles. The number of benzene rings is 1. The molecule has 0 N–H and O–H groups in total. The molecule has 1 aliphatic heterocycles. The van der Waals surface area contributed by atoms with Gasteiger partial charge in [0, 0.05) is 44.8 Å². The fraction of sp³-hybridized carbons (Fsp3) is 0.433. The Labute approximate surface area is 251 Å². The Morgan fingerprint density at radius 1 is 1.05 bits per heavy atom. The lowest BCUT2D eigenvalue weighted by Crippen LogP contribution is -2.49. The fourth-order valence-corrected chi connectivity index (χ4v) is 5.21. The third-order valence-corrected chi connectivity index (χ3v) is 7.70. The molecule has 234 valence electrons. The van der Waals surface area contributed by atoms with Gasteiger partial charge in [-0.3, -0.25) is 9.59 Å². The molecule has 0 aliphatic carbocycles. The zero-order chi connectivity index (χ0) is 31.4. The summed E-state index contributed by atoms with van der Waals surface area (Å²) in [6.07, 6.45) is 0.871. The van der Waals surface area contributed by atoms with Gasteiger partial charge in [0.1, 0.15) is 5.75 Å². The van der Waals surface area contributed by atoms with Gasteiger partial charge in [-0.25, -0.2) is 14.6 Å². The van der Waals surface area contributed by atoms with Gasteiger partial charge in [0.2, 0.25) is 11.9 Å². The second kappa shape index (κ2) is 13.0. The van der Waals surface area contributed by atoms with Crippen molar-refractivity contribution in [2.45, 2.75) is 39.0 Å². The number of hydrogen-bond acceptors (Lipinski definition) is 8. The molecule has 14 heteroatoms. The van der Waals surface area contributed by atoms with Crippen LogP contribution in [-0.4, -0.2) is 81.6 Å². The highest BCUT2D eigenvalue weighted by Gasteiger charge is 2.32. The SMILES string of the molecule is COc1ccc(Cn2ncc3c(c(C)cn3C(C)COCCC(=O)N3CCN(c4ncc(C(F)(F)F)cn4)CC3)c2=O)cc1. The molecule has 11 nitrogen and oxygen atoms in total. The average Bonchev–Trinajstić information content (AvgIpc) is 3.37. The van der Waals surface area contributed by atoms with Gasteiger partial charge in [0.05, 0.1) is 62.0 Å². The number of alkyl halides is 3. The number of aromatic nitrogens is 5. The van der Waals surface area contributed by atoms with E-state index in [1.807, 2.05) is 48.9 Å². The summed E-state index contributed by atoms with van der Waals surface area (Å²) in [7, 11) is 1.60. The Bertz CT molecular complexity index is 1640. The molecule has 1 unspecified atom stereocenters. The van der Waals surface area contributed by atoms with Gasteiger partial charge < -0.3 is 23.8 Å². The number of aryl methyl sites for hydroxylation is 1. The molecule has 4 aromatic rings. The van der Waals surface area contributed by atoms with Crippen LogP contribution in [0.5, 0.6) is 5.75 Å². The first-order chi connectivity index (χ1) is 21.0. The highest BCUT2D eigenvalue weighted by atomic mass is 19.4. The van der Waals surface area contributed by atoms with E-state index in [9.17, 15) is 22.8 Å². The van der Waals surface area contributed by atoms with E-state index in [2.05, 4.69) is 15.1 Å². The van der Waals surface area contributed by atoms with Gasteiger partial charge in [-0.1, -0.05) is 12.1 Å². The summed E-state index contributed by atoms with van der Waals surface area (Å²) in [4.78, 5) is 37.2. The van der Waals surface area contributed by atoms with Gasteiger partial charge in [0.25, 0.3) is 5.56 Å². The van der Waals surface area contributed by atoms with Gasteiger partial charge in [-0.15, -0.1) is 0 Å². The second-order valence-corrected chi connectivity index (χ2v) is 10.7. The number of halogens is 3. The molecule has 0 radical (unpaired) electrons. The van der Waals surface area contributed by atoms with E-state index >= 15 is 0 Å². The molecule has 1 aliphatic rings. The van der Waals surface area contributed by atoms with Gasteiger partial charge >= 0.3 is 6.18 Å². The Balaban J connectivity index is 1.10. The minimum absolute atomic E-state index is 0.0606. The number of methoxy groups -OCH3 is 1. The number of carbonyl (C=O) groups is 1. The van der Waals surface area contributed by atoms with Crippen LogP contribution in [0.15, 0.2) is 53.8 Å². The van der Waals surface area contributed by atoms with Crippen LogP contribution < -0.4 is 15.2 Å². The van der Waals surface area contributed by atoms with E-state index in [0.29, 0.717) is 44.7 Å². The zero-order valence-electron chi connectivity index (χ0n) is 24.8. The first kappa shape index (κ1) is 31.0. The number of amides is 1. The minimum atomic E-state index is -4.49. The lowest BCUT2D eigenvalue weighted by Gasteiger charge is -2.34. The summed E-state index contributed by atoms with van der Waals surface area (Å²) in [5.74, 6) is 0.891. The number of carbonyl (C=O) groups excluding carboxylic acids is 1. The standard InChI is InChI=1S/C30H34F3N7O4/c1-20-17-39(25-16-36-40(28(42)27(20)25)18-22-4-6-24(43-3)7-5-22)21(2)19-44-13-8-26(41)37-9-11-38(12-10-37)29-34-14-23(15-35-29)30(31,32)33/h4-7,14-17,21H,8-13,18-19H2,1-3H3. The van der Waals surface area contributed by atoms with E-state index in [0.717, 1.165) is 34.8 Å². The van der Waals surface area contributed by atoms with Gasteiger partial charge in [-0.05, 0) is 37.1 Å². The highest BCUT2D eigenvalue weighted by Crippen LogP contribution is 2.28. The first-order valence-electron chi connectivity index (χ1n) is 14.2. The maximum absolute atomic E-state index is 13.3. The molecule has 44 heavy (non-hydrogen) atoms. The number of piperazine rings is 1. The van der Waals surface area contributed by atoms with Crippen molar-refractivity contribution in [1.29, 1.82) is 0 Å². The Kier molecular flexibility index (Phi) is 9.18. The van der Waals surface area contributed by atoms with Crippen molar-refractivity contribution in [1.82, 2.24) is 29.2 Å². The third-order valence-electron chi connectivity index (χ3n) is 7.70. The lowest BCUT2D eigenvalue weighted by atomic mass is 10.2. The smallest absolute Gasteiger partial charge is 0.419 e. The van der Waals surface area contributed by atoms with E-state index in [1.54, 1.807) is 23.1 Å². The van der Waals surface area contributed by atoms with Crippen LogP contribution in [0.3, 0.4) is 0 Å². The Hall–Kier alpha value is -4.46. The lowest BCUT2D eigenvalue weighted by molar-refractivity contribution is -0.138. The van der Waals surface area contributed by atoms with Crippen LogP contribution in [0.1, 0.15) is 36.1 Å². The summed E-state index contributed by atoms with van der Waals surface area (Å²) in [6, 6.07) is 7.39. The fourth-order valence-electron chi connectivity index (χ4n) is 5.21. The number of fused-ring (bicyclic) bond motifs is 1. The van der Waals surface area contributed by atoms with Crippen molar-refractivity contribution in [3.8, 4) is 5.75 Å². The number of nitrogens with zero attached hydrogens (tertiary/aromatic N) is 7. The zero-order valence-corrected chi connectivity index (χ0v) is 24.8. The number of hydrogen-bond donors (Lipinski definition) is 0. The maximum atomic E-state index is 13.3. The molecular formula is C30H34F3N7O4. The number of ether oxygens (including phenoxy) is 2. The summed E-state index contributed by atoms with van der Waals surface area (Å²) in [6.45, 7) is 6.46. The van der Waals surface area contributed by atoms with Crippen molar-refractivity contribution < 1.29 is 27.4 Å². The molecule has 1 fully saturated rings. The number of anilines is 1. The predicted molar refractivity (Wildman–Crippen MR) is 157 cm³/mol. The monoisotopic (exact) mass is 613 g/mol. The van der Waals surface area contributed by atoms with Crippen molar-refractivity contribution in [3.05, 3.63) is 76.1 Å². The van der Waals surface area contributed by atoms with E-state index in [4.69, 9.17) is 9.47 Å². The van der Waals surface area contributed by atoms with Crippen LogP contribution in [0.25, 0.3) is 10.9 Å². The second-order valence-electron chi connectivity index (χ2n) is 10.7. The molecular weight excluding hydrogens is 579 g/mol.